The van der Waals surface area contributed by atoms with E-state index < -0.39 is 23.4 Å². The van der Waals surface area contributed by atoms with Gasteiger partial charge in [0.15, 0.2) is 0 Å². The molecule has 0 unspecified atom stereocenters. The maximum atomic E-state index is 12.5. The molecule has 1 amide bonds. The molecule has 1 heterocycles. The van der Waals surface area contributed by atoms with Crippen molar-refractivity contribution in [2.45, 2.75) is 38.1 Å². The number of halogens is 3. The van der Waals surface area contributed by atoms with Gasteiger partial charge in [-0.05, 0) is 38.0 Å². The molecular formula is C14H17F3N2O2. The quantitative estimate of drug-likeness (QED) is 0.932. The molecule has 1 atom stereocenters. The van der Waals surface area contributed by atoms with Gasteiger partial charge < -0.3 is 0 Å². The molecule has 1 N–H and O–H groups in total. The molecule has 0 saturated carbocycles. The summed E-state index contributed by atoms with van der Waals surface area (Å²) in [5.74, 6) is -0.234. The number of alkyl halides is 3. The summed E-state index contributed by atoms with van der Waals surface area (Å²) in [6.45, 7) is 3.59. The Bertz CT molecular complexity index is 526. The summed E-state index contributed by atoms with van der Waals surface area (Å²) in [6.07, 6.45) is -4.05. The van der Waals surface area contributed by atoms with E-state index in [4.69, 9.17) is 4.84 Å². The first-order valence-electron chi connectivity index (χ1n) is 6.47. The summed E-state index contributed by atoms with van der Waals surface area (Å²) in [6, 6.07) is 4.30. The number of nitrogens with one attached hydrogen (secondary N) is 1. The van der Waals surface area contributed by atoms with Crippen LogP contribution in [0.1, 0.15) is 25.0 Å². The van der Waals surface area contributed by atoms with E-state index in [9.17, 15) is 18.0 Å². The standard InChI is InChI=1S/C14H17F3N2O2/c1-13(2)18-11(12(20)19(13)21-3)8-9-4-6-10(7-5-9)14(15,16)17/h4-7,11,18H,8H2,1-3H3/t11-/m0/s1. The number of carbonyl (C=O) groups is 1. The van der Waals surface area contributed by atoms with Crippen LogP contribution < -0.4 is 5.32 Å². The molecule has 1 fully saturated rings. The molecule has 0 aliphatic carbocycles. The van der Waals surface area contributed by atoms with Crippen LogP contribution >= 0.6 is 0 Å². The zero-order valence-corrected chi connectivity index (χ0v) is 12.0. The van der Waals surface area contributed by atoms with Gasteiger partial charge >= 0.3 is 6.18 Å². The minimum absolute atomic E-state index is 0.234. The maximum Gasteiger partial charge on any atom is 0.416 e. The van der Waals surface area contributed by atoms with Gasteiger partial charge in [0.2, 0.25) is 0 Å². The Morgan fingerprint density at radius 3 is 2.29 bits per heavy atom. The van der Waals surface area contributed by atoms with Gasteiger partial charge in [-0.2, -0.15) is 13.2 Å². The first kappa shape index (κ1) is 15.8. The van der Waals surface area contributed by atoms with Gasteiger partial charge in [-0.25, -0.2) is 5.06 Å². The molecule has 1 aromatic carbocycles. The Hall–Kier alpha value is -1.60. The van der Waals surface area contributed by atoms with E-state index in [-0.39, 0.29) is 5.91 Å². The highest BCUT2D eigenvalue weighted by Gasteiger charge is 2.45. The first-order valence-corrected chi connectivity index (χ1v) is 6.47. The van der Waals surface area contributed by atoms with E-state index >= 15 is 0 Å². The summed E-state index contributed by atoms with van der Waals surface area (Å²) in [5.41, 5.74) is -0.694. The van der Waals surface area contributed by atoms with E-state index in [1.54, 1.807) is 13.8 Å². The SMILES string of the molecule is CON1C(=O)[C@H](Cc2ccc(C(F)(F)F)cc2)NC1(C)C. The molecule has 7 heteroatoms. The molecule has 1 aliphatic rings. The second kappa shape index (κ2) is 5.31. The van der Waals surface area contributed by atoms with Crippen LogP contribution in [0.25, 0.3) is 0 Å². The van der Waals surface area contributed by atoms with Crippen molar-refractivity contribution in [3.8, 4) is 0 Å². The highest BCUT2D eigenvalue weighted by molar-refractivity contribution is 5.84. The Kier molecular flexibility index (Phi) is 3.99. The number of benzene rings is 1. The van der Waals surface area contributed by atoms with Crippen molar-refractivity contribution in [1.29, 1.82) is 0 Å². The minimum Gasteiger partial charge on any atom is -0.281 e. The predicted octanol–water partition coefficient (Wildman–Crippen LogP) is 2.35. The molecule has 0 radical (unpaired) electrons. The van der Waals surface area contributed by atoms with Gasteiger partial charge in [0.1, 0.15) is 5.66 Å². The summed E-state index contributed by atoms with van der Waals surface area (Å²) in [4.78, 5) is 17.2. The molecular weight excluding hydrogens is 285 g/mol. The van der Waals surface area contributed by atoms with Crippen molar-refractivity contribution in [1.82, 2.24) is 10.4 Å². The maximum absolute atomic E-state index is 12.5. The van der Waals surface area contributed by atoms with Crippen LogP contribution in [0, 0.1) is 0 Å². The number of carbonyl (C=O) groups excluding carboxylic acids is 1. The number of rotatable bonds is 3. The van der Waals surface area contributed by atoms with Crippen LogP contribution in [0.5, 0.6) is 0 Å². The van der Waals surface area contributed by atoms with E-state index in [2.05, 4.69) is 5.32 Å². The molecule has 1 aromatic rings. The van der Waals surface area contributed by atoms with E-state index in [1.807, 2.05) is 0 Å². The molecule has 4 nitrogen and oxygen atoms in total. The predicted molar refractivity (Wildman–Crippen MR) is 70.0 cm³/mol. The molecule has 0 bridgehead atoms. The van der Waals surface area contributed by atoms with Crippen LogP contribution in [0.4, 0.5) is 13.2 Å². The Labute approximate surface area is 120 Å². The zero-order valence-electron chi connectivity index (χ0n) is 12.0. The van der Waals surface area contributed by atoms with Crippen molar-refractivity contribution in [3.63, 3.8) is 0 Å². The summed E-state index contributed by atoms with van der Waals surface area (Å²) >= 11 is 0. The fourth-order valence-corrected chi connectivity index (χ4v) is 2.49. The zero-order chi connectivity index (χ0) is 15.8. The van der Waals surface area contributed by atoms with Gasteiger partial charge in [0.05, 0.1) is 18.7 Å². The van der Waals surface area contributed by atoms with Crippen LogP contribution in [0.2, 0.25) is 0 Å². The normalized spacial score (nSPS) is 21.9. The minimum atomic E-state index is -4.35. The Balaban J connectivity index is 2.11. The number of hydroxylamine groups is 2. The second-order valence-electron chi connectivity index (χ2n) is 5.47. The number of nitrogens with zero attached hydrogens (tertiary/aromatic N) is 1. The topological polar surface area (TPSA) is 41.6 Å². The van der Waals surface area contributed by atoms with Gasteiger partial charge in [-0.1, -0.05) is 12.1 Å². The van der Waals surface area contributed by atoms with Gasteiger partial charge in [0, 0.05) is 0 Å². The number of hydrogen-bond donors (Lipinski definition) is 1. The van der Waals surface area contributed by atoms with Crippen molar-refractivity contribution in [2.24, 2.45) is 0 Å². The first-order chi connectivity index (χ1) is 9.65. The third kappa shape index (κ3) is 3.19. The molecule has 0 spiro atoms. The third-order valence-electron chi connectivity index (χ3n) is 3.44. The monoisotopic (exact) mass is 302 g/mol. The van der Waals surface area contributed by atoms with E-state index in [0.29, 0.717) is 12.0 Å². The van der Waals surface area contributed by atoms with E-state index in [1.165, 1.54) is 24.3 Å². The lowest BCUT2D eigenvalue weighted by molar-refractivity contribution is -0.192. The smallest absolute Gasteiger partial charge is 0.281 e. The molecule has 0 aromatic heterocycles. The van der Waals surface area contributed by atoms with E-state index in [0.717, 1.165) is 12.1 Å². The Morgan fingerprint density at radius 2 is 1.86 bits per heavy atom. The molecule has 2 rings (SSSR count). The third-order valence-corrected chi connectivity index (χ3v) is 3.44. The fraction of sp³-hybridized carbons (Fsp3) is 0.500. The average Bonchev–Trinajstić information content (AvgIpc) is 2.58. The van der Waals surface area contributed by atoms with Crippen LogP contribution in [-0.4, -0.2) is 29.8 Å². The molecule has 1 saturated heterocycles. The van der Waals surface area contributed by atoms with Crippen molar-refractivity contribution in [2.75, 3.05) is 7.11 Å². The van der Waals surface area contributed by atoms with Crippen molar-refractivity contribution >= 4 is 5.91 Å². The summed E-state index contributed by atoms with van der Waals surface area (Å²) < 4.78 is 37.5. The molecule has 1 aliphatic heterocycles. The molecule has 116 valence electrons. The average molecular weight is 302 g/mol. The lowest BCUT2D eigenvalue weighted by Gasteiger charge is -2.28. The lowest BCUT2D eigenvalue weighted by atomic mass is 10.0. The van der Waals surface area contributed by atoms with Crippen molar-refractivity contribution in [3.05, 3.63) is 35.4 Å². The number of hydrogen-bond acceptors (Lipinski definition) is 3. The largest absolute Gasteiger partial charge is 0.416 e. The summed E-state index contributed by atoms with van der Waals surface area (Å²) in [5, 5.41) is 4.34. The lowest BCUT2D eigenvalue weighted by Crippen LogP contribution is -2.46. The molecule has 21 heavy (non-hydrogen) atoms. The second-order valence-corrected chi connectivity index (χ2v) is 5.47. The highest BCUT2D eigenvalue weighted by atomic mass is 19.4. The van der Waals surface area contributed by atoms with Crippen molar-refractivity contribution < 1.29 is 22.8 Å². The highest BCUT2D eigenvalue weighted by Crippen LogP contribution is 2.29. The van der Waals surface area contributed by atoms with Gasteiger partial charge in [-0.15, -0.1) is 0 Å². The van der Waals surface area contributed by atoms with Crippen LogP contribution in [0.15, 0.2) is 24.3 Å². The van der Waals surface area contributed by atoms with Gasteiger partial charge in [-0.3, -0.25) is 14.9 Å². The Morgan fingerprint density at radius 1 is 1.29 bits per heavy atom. The fourth-order valence-electron chi connectivity index (χ4n) is 2.49. The van der Waals surface area contributed by atoms with Crippen LogP contribution in [0.3, 0.4) is 0 Å². The number of amides is 1. The summed E-state index contributed by atoms with van der Waals surface area (Å²) in [7, 11) is 1.40. The van der Waals surface area contributed by atoms with Gasteiger partial charge in [0.25, 0.3) is 5.91 Å². The van der Waals surface area contributed by atoms with Crippen LogP contribution in [-0.2, 0) is 22.2 Å².